The number of nitrogens with zero attached hydrogens (tertiary/aromatic N) is 3. The number of aliphatic carboxylic acids is 1. The summed E-state index contributed by atoms with van der Waals surface area (Å²) in [5, 5.41) is 20.3. The molecule has 1 atom stereocenters. The van der Waals surface area contributed by atoms with E-state index in [0.717, 1.165) is 4.90 Å². The average molecular weight is 379 g/mol. The molecule has 1 unspecified atom stereocenters. The van der Waals surface area contributed by atoms with Crippen molar-refractivity contribution in [3.8, 4) is 5.75 Å². The summed E-state index contributed by atoms with van der Waals surface area (Å²) >= 11 is 0. The number of carboxylic acids is 1. The topological polar surface area (TPSA) is 130 Å². The van der Waals surface area contributed by atoms with Gasteiger partial charge in [0.2, 0.25) is 5.91 Å². The van der Waals surface area contributed by atoms with Crippen LogP contribution in [0.3, 0.4) is 0 Å². The van der Waals surface area contributed by atoms with Crippen LogP contribution in [0.5, 0.6) is 5.75 Å². The quantitative estimate of drug-likeness (QED) is 0.576. The third-order valence-electron chi connectivity index (χ3n) is 4.47. The van der Waals surface area contributed by atoms with Crippen LogP contribution in [0, 0.1) is 16.0 Å². The van der Waals surface area contributed by atoms with Crippen molar-refractivity contribution in [1.29, 1.82) is 0 Å². The minimum absolute atomic E-state index is 0.0928. The summed E-state index contributed by atoms with van der Waals surface area (Å²) in [5.74, 6) is -2.39. The average Bonchev–Trinajstić information content (AvgIpc) is 2.66. The van der Waals surface area contributed by atoms with Crippen molar-refractivity contribution in [1.82, 2.24) is 9.80 Å². The molecule has 0 aliphatic carbocycles. The lowest BCUT2D eigenvalue weighted by molar-refractivity contribution is -0.385. The van der Waals surface area contributed by atoms with Crippen molar-refractivity contribution in [2.45, 2.75) is 12.8 Å². The highest BCUT2D eigenvalue weighted by Gasteiger charge is 2.30. The number of amides is 2. The van der Waals surface area contributed by atoms with Gasteiger partial charge in [-0.15, -0.1) is 0 Å². The number of benzene rings is 1. The molecular formula is C17H21N3O7. The Morgan fingerprint density at radius 3 is 2.70 bits per heavy atom. The van der Waals surface area contributed by atoms with E-state index in [2.05, 4.69) is 0 Å². The molecule has 1 fully saturated rings. The van der Waals surface area contributed by atoms with E-state index in [9.17, 15) is 24.5 Å². The Morgan fingerprint density at radius 1 is 1.41 bits per heavy atom. The van der Waals surface area contributed by atoms with E-state index in [0.29, 0.717) is 19.4 Å². The van der Waals surface area contributed by atoms with E-state index in [1.165, 1.54) is 37.3 Å². The van der Waals surface area contributed by atoms with E-state index in [1.54, 1.807) is 0 Å². The molecule has 27 heavy (non-hydrogen) atoms. The molecule has 10 nitrogen and oxygen atoms in total. The molecule has 10 heteroatoms. The van der Waals surface area contributed by atoms with Gasteiger partial charge in [-0.2, -0.15) is 0 Å². The van der Waals surface area contributed by atoms with E-state index < -0.39 is 28.6 Å². The summed E-state index contributed by atoms with van der Waals surface area (Å²) < 4.78 is 5.01. The first-order valence-electron chi connectivity index (χ1n) is 8.33. The number of nitro benzene ring substituents is 1. The Kier molecular flexibility index (Phi) is 6.32. The molecule has 1 heterocycles. The van der Waals surface area contributed by atoms with Crippen molar-refractivity contribution >= 4 is 23.5 Å². The second-order valence-electron chi connectivity index (χ2n) is 6.32. The van der Waals surface area contributed by atoms with Crippen LogP contribution >= 0.6 is 0 Å². The number of piperidine rings is 1. The van der Waals surface area contributed by atoms with Gasteiger partial charge in [0, 0.05) is 26.2 Å². The molecule has 0 saturated carbocycles. The van der Waals surface area contributed by atoms with Gasteiger partial charge in [-0.25, -0.2) is 0 Å². The second kappa shape index (κ2) is 8.47. The standard InChI is InChI=1S/C17H21N3O7/c1-18(10-15(21)19-7-3-4-11(9-19)17(23)24)16(22)13-8-12(27-2)5-6-14(13)20(25)26/h5-6,8,11H,3-4,7,9-10H2,1-2H3,(H,23,24). The SMILES string of the molecule is COc1ccc([N+](=O)[O-])c(C(=O)N(C)CC(=O)N2CCCC(C(=O)O)C2)c1. The molecule has 0 spiro atoms. The van der Waals surface area contributed by atoms with Crippen molar-refractivity contribution in [3.63, 3.8) is 0 Å². The summed E-state index contributed by atoms with van der Waals surface area (Å²) in [4.78, 5) is 49.2. The monoisotopic (exact) mass is 379 g/mol. The zero-order chi connectivity index (χ0) is 20.1. The Morgan fingerprint density at radius 2 is 2.11 bits per heavy atom. The molecule has 1 aliphatic heterocycles. The van der Waals surface area contributed by atoms with Gasteiger partial charge in [0.15, 0.2) is 0 Å². The Balaban J connectivity index is 2.12. The van der Waals surface area contributed by atoms with Crippen molar-refractivity contribution in [2.75, 3.05) is 33.8 Å². The number of carbonyl (C=O) groups excluding carboxylic acids is 2. The number of carboxylic acid groups (broad SMARTS) is 1. The predicted octanol–water partition coefficient (Wildman–Crippen LogP) is 0.999. The fraction of sp³-hybridized carbons (Fsp3) is 0.471. The maximum absolute atomic E-state index is 12.6. The number of hydrogen-bond acceptors (Lipinski definition) is 6. The van der Waals surface area contributed by atoms with Crippen LogP contribution in [0.1, 0.15) is 23.2 Å². The third-order valence-corrected chi connectivity index (χ3v) is 4.47. The maximum Gasteiger partial charge on any atom is 0.308 e. The van der Waals surface area contributed by atoms with Gasteiger partial charge >= 0.3 is 5.97 Å². The molecule has 0 radical (unpaired) electrons. The van der Waals surface area contributed by atoms with Crippen LogP contribution in [0.25, 0.3) is 0 Å². The fourth-order valence-corrected chi connectivity index (χ4v) is 2.96. The van der Waals surface area contributed by atoms with E-state index in [4.69, 9.17) is 9.84 Å². The van der Waals surface area contributed by atoms with Crippen LogP contribution in [0.4, 0.5) is 5.69 Å². The summed E-state index contributed by atoms with van der Waals surface area (Å²) in [6.45, 7) is 0.207. The van der Waals surface area contributed by atoms with Crippen molar-refractivity contribution < 1.29 is 29.2 Å². The second-order valence-corrected chi connectivity index (χ2v) is 6.32. The molecule has 2 amide bonds. The maximum atomic E-state index is 12.6. The highest BCUT2D eigenvalue weighted by molar-refractivity contribution is 6.00. The number of rotatable bonds is 6. The number of likely N-dealkylation sites (N-methyl/N-ethyl adjacent to an activating group) is 1. The summed E-state index contributed by atoms with van der Waals surface area (Å²) in [5.41, 5.74) is -0.569. The Hall–Kier alpha value is -3.17. The van der Waals surface area contributed by atoms with E-state index in [1.807, 2.05) is 0 Å². The largest absolute Gasteiger partial charge is 0.497 e. The number of carbonyl (C=O) groups is 3. The lowest BCUT2D eigenvalue weighted by atomic mass is 9.98. The molecule has 146 valence electrons. The van der Waals surface area contributed by atoms with Crippen molar-refractivity contribution in [3.05, 3.63) is 33.9 Å². The fourth-order valence-electron chi connectivity index (χ4n) is 2.96. The van der Waals surface area contributed by atoms with Crippen LogP contribution in [-0.4, -0.2) is 71.4 Å². The number of hydrogen-bond donors (Lipinski definition) is 1. The first-order valence-corrected chi connectivity index (χ1v) is 8.33. The molecule has 1 N–H and O–H groups in total. The Bertz CT molecular complexity index is 765. The van der Waals surface area contributed by atoms with Gasteiger partial charge in [0.05, 0.1) is 24.5 Å². The summed E-state index contributed by atoms with van der Waals surface area (Å²) in [7, 11) is 2.74. The smallest absolute Gasteiger partial charge is 0.308 e. The van der Waals surface area contributed by atoms with Gasteiger partial charge in [-0.3, -0.25) is 24.5 Å². The molecule has 1 aromatic rings. The van der Waals surface area contributed by atoms with Crippen LogP contribution in [0.2, 0.25) is 0 Å². The number of methoxy groups -OCH3 is 1. The number of ether oxygens (including phenoxy) is 1. The van der Waals surface area contributed by atoms with Crippen LogP contribution in [-0.2, 0) is 9.59 Å². The van der Waals surface area contributed by atoms with E-state index in [-0.39, 0.29) is 30.1 Å². The Labute approximate surface area is 155 Å². The molecule has 1 aliphatic rings. The lowest BCUT2D eigenvalue weighted by Crippen LogP contribution is -2.47. The minimum atomic E-state index is -0.955. The van der Waals surface area contributed by atoms with Gasteiger partial charge in [0.1, 0.15) is 11.3 Å². The molecule has 0 aromatic heterocycles. The van der Waals surface area contributed by atoms with Gasteiger partial charge in [-0.1, -0.05) is 0 Å². The third kappa shape index (κ3) is 4.72. The first-order chi connectivity index (χ1) is 12.7. The first kappa shape index (κ1) is 20.1. The van der Waals surface area contributed by atoms with Gasteiger partial charge < -0.3 is 19.6 Å². The molecule has 1 aromatic carbocycles. The zero-order valence-corrected chi connectivity index (χ0v) is 15.1. The summed E-state index contributed by atoms with van der Waals surface area (Å²) in [6.07, 6.45) is 1.08. The minimum Gasteiger partial charge on any atom is -0.497 e. The highest BCUT2D eigenvalue weighted by atomic mass is 16.6. The zero-order valence-electron chi connectivity index (χ0n) is 15.1. The summed E-state index contributed by atoms with van der Waals surface area (Å²) in [6, 6.07) is 3.80. The molecule has 2 rings (SSSR count). The normalized spacial score (nSPS) is 16.5. The van der Waals surface area contributed by atoms with Crippen LogP contribution in [0.15, 0.2) is 18.2 Å². The molecule has 0 bridgehead atoms. The number of likely N-dealkylation sites (tertiary alicyclic amines) is 1. The molecular weight excluding hydrogens is 358 g/mol. The van der Waals surface area contributed by atoms with Gasteiger partial charge in [-0.05, 0) is 25.0 Å². The van der Waals surface area contributed by atoms with Crippen LogP contribution < -0.4 is 4.74 Å². The lowest BCUT2D eigenvalue weighted by Gasteiger charge is -2.32. The number of nitro groups is 1. The van der Waals surface area contributed by atoms with E-state index >= 15 is 0 Å². The van der Waals surface area contributed by atoms with Crippen molar-refractivity contribution in [2.24, 2.45) is 5.92 Å². The predicted molar refractivity (Wildman–Crippen MR) is 93.5 cm³/mol. The van der Waals surface area contributed by atoms with Gasteiger partial charge in [0.25, 0.3) is 11.6 Å². The highest BCUT2D eigenvalue weighted by Crippen LogP contribution is 2.25. The molecule has 1 saturated heterocycles.